The fourth-order valence-electron chi connectivity index (χ4n) is 9.16. The molecule has 4 aliphatic rings. The SMILES string of the molecule is CC(C)CCC[C@@H](C)[C@H]1CC[C@H]2[C@@H]3CC=C4C[C@@H](OS(=O)/C=C/C(C)(C)C)CC[C@]4(C)[C@H]3CC[C@]12C. The monoisotopic (exact) mass is 516 g/mol. The summed E-state index contributed by atoms with van der Waals surface area (Å²) in [6.45, 7) is 19.0. The van der Waals surface area contributed by atoms with Crippen molar-refractivity contribution in [3.05, 3.63) is 23.1 Å². The summed E-state index contributed by atoms with van der Waals surface area (Å²) in [4.78, 5) is 0. The Bertz CT molecular complexity index is 850. The molecule has 0 amide bonds. The molecule has 0 heterocycles. The maximum absolute atomic E-state index is 12.6. The summed E-state index contributed by atoms with van der Waals surface area (Å²) in [6.07, 6.45) is 19.2. The molecule has 4 aliphatic carbocycles. The lowest BCUT2D eigenvalue weighted by atomic mass is 9.47. The Morgan fingerprint density at radius 1 is 1.06 bits per heavy atom. The zero-order valence-corrected chi connectivity index (χ0v) is 25.6. The molecule has 9 atom stereocenters. The van der Waals surface area contributed by atoms with E-state index in [0.29, 0.717) is 10.8 Å². The van der Waals surface area contributed by atoms with Gasteiger partial charge in [0, 0.05) is 5.41 Å². The number of hydrogen-bond donors (Lipinski definition) is 0. The van der Waals surface area contributed by atoms with E-state index in [1.807, 2.05) is 6.08 Å². The first-order valence-corrected chi connectivity index (χ1v) is 16.4. The second-order valence-corrected chi connectivity index (χ2v) is 16.2. The van der Waals surface area contributed by atoms with Crippen molar-refractivity contribution < 1.29 is 8.39 Å². The first kappa shape index (κ1) is 28.6. The van der Waals surface area contributed by atoms with Crippen LogP contribution >= 0.6 is 0 Å². The van der Waals surface area contributed by atoms with Crippen LogP contribution in [0.2, 0.25) is 0 Å². The number of rotatable bonds is 8. The molecule has 0 aromatic carbocycles. The van der Waals surface area contributed by atoms with Gasteiger partial charge in [0.05, 0.1) is 6.10 Å². The summed E-state index contributed by atoms with van der Waals surface area (Å²) in [5, 5.41) is 1.75. The minimum atomic E-state index is -1.33. The molecular formula is C33H56O2S. The van der Waals surface area contributed by atoms with Crippen LogP contribution < -0.4 is 0 Å². The molecule has 3 heteroatoms. The smallest absolute Gasteiger partial charge is 0.181 e. The molecule has 1 unspecified atom stereocenters. The zero-order chi connectivity index (χ0) is 26.3. The largest absolute Gasteiger partial charge is 0.283 e. The molecule has 0 N–H and O–H groups in total. The van der Waals surface area contributed by atoms with Crippen LogP contribution in [0.1, 0.15) is 126 Å². The Kier molecular flexibility index (Phi) is 8.73. The summed E-state index contributed by atoms with van der Waals surface area (Å²) < 4.78 is 18.6. The Labute approximate surface area is 226 Å². The van der Waals surface area contributed by atoms with Crippen LogP contribution in [-0.2, 0) is 15.3 Å². The standard InChI is InChI=1S/C33H56O2S/c1-23(2)10-9-11-24(3)28-14-15-29-27-13-12-25-22-26(35-36(34)21-20-31(4,5)6)16-18-32(25,7)30(27)17-19-33(28,29)8/h12,20-21,23-24,26-30H,9-11,13-19,22H2,1-8H3/b21-20+/t24-,26+,27+,28-,29+,30+,32+,33-,36?/m1/s1. The second-order valence-electron chi connectivity index (χ2n) is 15.2. The predicted octanol–water partition coefficient (Wildman–Crippen LogP) is 9.64. The van der Waals surface area contributed by atoms with Gasteiger partial charge in [0.25, 0.3) is 0 Å². The van der Waals surface area contributed by atoms with Gasteiger partial charge in [0.15, 0.2) is 11.1 Å². The van der Waals surface area contributed by atoms with Gasteiger partial charge in [-0.05, 0) is 103 Å². The van der Waals surface area contributed by atoms with Crippen LogP contribution in [0.5, 0.6) is 0 Å². The van der Waals surface area contributed by atoms with Crippen LogP contribution in [0, 0.1) is 51.8 Å². The van der Waals surface area contributed by atoms with Crippen molar-refractivity contribution >= 4 is 11.1 Å². The highest BCUT2D eigenvalue weighted by Gasteiger charge is 2.59. The van der Waals surface area contributed by atoms with E-state index >= 15 is 0 Å². The average molecular weight is 517 g/mol. The minimum absolute atomic E-state index is 0.0334. The van der Waals surface area contributed by atoms with Gasteiger partial charge in [-0.2, -0.15) is 0 Å². The molecule has 0 bridgehead atoms. The lowest BCUT2D eigenvalue weighted by molar-refractivity contribution is -0.0554. The first-order chi connectivity index (χ1) is 16.8. The third-order valence-electron chi connectivity index (χ3n) is 11.2. The van der Waals surface area contributed by atoms with E-state index < -0.39 is 11.1 Å². The Balaban J connectivity index is 1.41. The van der Waals surface area contributed by atoms with Crippen molar-refractivity contribution in [1.82, 2.24) is 0 Å². The van der Waals surface area contributed by atoms with Gasteiger partial charge in [-0.1, -0.05) is 92.4 Å². The van der Waals surface area contributed by atoms with Crippen LogP contribution in [0.25, 0.3) is 0 Å². The maximum atomic E-state index is 12.6. The molecule has 3 saturated carbocycles. The third kappa shape index (κ3) is 5.93. The summed E-state index contributed by atoms with van der Waals surface area (Å²) in [6, 6.07) is 0. The van der Waals surface area contributed by atoms with Crippen LogP contribution in [0.4, 0.5) is 0 Å². The summed E-state index contributed by atoms with van der Waals surface area (Å²) in [7, 11) is 0. The highest BCUT2D eigenvalue weighted by Crippen LogP contribution is 2.67. The molecule has 0 aromatic rings. The van der Waals surface area contributed by atoms with Crippen molar-refractivity contribution in [2.45, 2.75) is 132 Å². The fourth-order valence-corrected chi connectivity index (χ4v) is 10.2. The molecule has 36 heavy (non-hydrogen) atoms. The lowest BCUT2D eigenvalue weighted by Gasteiger charge is -2.58. The molecule has 3 fully saturated rings. The third-order valence-corrected chi connectivity index (χ3v) is 12.0. The topological polar surface area (TPSA) is 26.3 Å². The van der Waals surface area contributed by atoms with E-state index in [4.69, 9.17) is 4.18 Å². The zero-order valence-electron chi connectivity index (χ0n) is 24.8. The molecule has 0 spiro atoms. The van der Waals surface area contributed by atoms with Crippen molar-refractivity contribution in [3.63, 3.8) is 0 Å². The van der Waals surface area contributed by atoms with Crippen LogP contribution in [-0.4, -0.2) is 10.3 Å². The van der Waals surface area contributed by atoms with Gasteiger partial charge >= 0.3 is 0 Å². The summed E-state index contributed by atoms with van der Waals surface area (Å²) >= 11 is -1.33. The Morgan fingerprint density at radius 2 is 1.81 bits per heavy atom. The van der Waals surface area contributed by atoms with Gasteiger partial charge < -0.3 is 0 Å². The van der Waals surface area contributed by atoms with Gasteiger partial charge in [0.2, 0.25) is 0 Å². The van der Waals surface area contributed by atoms with Crippen molar-refractivity contribution in [1.29, 1.82) is 0 Å². The van der Waals surface area contributed by atoms with Crippen molar-refractivity contribution in [2.75, 3.05) is 0 Å². The molecule has 0 aromatic heterocycles. The van der Waals surface area contributed by atoms with Gasteiger partial charge in [-0.3, -0.25) is 4.18 Å². The average Bonchev–Trinajstić information content (AvgIpc) is 3.14. The van der Waals surface area contributed by atoms with Crippen LogP contribution in [0.15, 0.2) is 23.1 Å². The molecule has 0 radical (unpaired) electrons. The number of fused-ring (bicyclic) bond motifs is 5. The van der Waals surface area contributed by atoms with Crippen LogP contribution in [0.3, 0.4) is 0 Å². The molecule has 4 rings (SSSR count). The van der Waals surface area contributed by atoms with E-state index in [0.717, 1.165) is 48.3 Å². The molecule has 206 valence electrons. The normalized spacial score (nSPS) is 40.5. The summed E-state index contributed by atoms with van der Waals surface area (Å²) in [5.74, 6) is 5.25. The number of allylic oxidation sites excluding steroid dienone is 2. The molecule has 0 aliphatic heterocycles. The van der Waals surface area contributed by atoms with E-state index in [1.165, 1.54) is 57.8 Å². The quantitative estimate of drug-likeness (QED) is 0.300. The molecule has 0 saturated heterocycles. The van der Waals surface area contributed by atoms with E-state index in [1.54, 1.807) is 11.0 Å². The highest BCUT2D eigenvalue weighted by molar-refractivity contribution is 7.83. The van der Waals surface area contributed by atoms with Crippen molar-refractivity contribution in [2.24, 2.45) is 51.8 Å². The van der Waals surface area contributed by atoms with E-state index in [9.17, 15) is 4.21 Å². The first-order valence-electron chi connectivity index (χ1n) is 15.3. The van der Waals surface area contributed by atoms with Crippen molar-refractivity contribution in [3.8, 4) is 0 Å². The summed E-state index contributed by atoms with van der Waals surface area (Å²) in [5.41, 5.74) is 2.54. The minimum Gasteiger partial charge on any atom is -0.283 e. The van der Waals surface area contributed by atoms with Gasteiger partial charge in [-0.15, -0.1) is 0 Å². The van der Waals surface area contributed by atoms with Gasteiger partial charge in [-0.25, -0.2) is 4.21 Å². The van der Waals surface area contributed by atoms with Gasteiger partial charge in [0.1, 0.15) is 0 Å². The van der Waals surface area contributed by atoms with E-state index in [-0.39, 0.29) is 11.5 Å². The fraction of sp³-hybridized carbons (Fsp3) is 0.879. The Morgan fingerprint density at radius 3 is 2.50 bits per heavy atom. The lowest BCUT2D eigenvalue weighted by Crippen LogP contribution is -2.51. The highest BCUT2D eigenvalue weighted by atomic mass is 32.2. The maximum Gasteiger partial charge on any atom is 0.181 e. The second kappa shape index (κ2) is 11.0. The number of hydrogen-bond acceptors (Lipinski definition) is 2. The Hall–Kier alpha value is -0.410. The van der Waals surface area contributed by atoms with E-state index in [2.05, 4.69) is 61.5 Å². The predicted molar refractivity (Wildman–Crippen MR) is 155 cm³/mol. The molecule has 2 nitrogen and oxygen atoms in total. The molecular weight excluding hydrogens is 460 g/mol.